The lowest BCUT2D eigenvalue weighted by atomic mass is 9.90. The molecule has 0 unspecified atom stereocenters. The van der Waals surface area contributed by atoms with Gasteiger partial charge in [-0.2, -0.15) is 4.99 Å². The molecule has 2 aromatic rings. The van der Waals surface area contributed by atoms with Gasteiger partial charge in [0.1, 0.15) is 17.4 Å². The summed E-state index contributed by atoms with van der Waals surface area (Å²) < 4.78 is 6.37. The molecule has 13 nitrogen and oxygen atoms in total. The van der Waals surface area contributed by atoms with E-state index in [1.807, 2.05) is 0 Å². The van der Waals surface area contributed by atoms with Gasteiger partial charge in [0.15, 0.2) is 6.04 Å². The highest BCUT2D eigenvalue weighted by Crippen LogP contribution is 2.41. The number of likely N-dealkylation sites (tertiary alicyclic amines) is 2. The first-order valence-corrected chi connectivity index (χ1v) is 16.3. The minimum absolute atomic E-state index is 0.0892. The molecule has 0 bridgehead atoms. The van der Waals surface area contributed by atoms with Gasteiger partial charge >= 0.3 is 11.9 Å². The van der Waals surface area contributed by atoms with Gasteiger partial charge in [0, 0.05) is 47.4 Å². The maximum Gasteiger partial charge on any atom is 0.408 e. The van der Waals surface area contributed by atoms with Crippen LogP contribution in [0.1, 0.15) is 49.9 Å². The van der Waals surface area contributed by atoms with Crippen LogP contribution in [0, 0.1) is 0 Å². The Balaban J connectivity index is 1.43. The molecule has 4 amide bonds. The van der Waals surface area contributed by atoms with Crippen LogP contribution >= 0.6 is 0 Å². The molecule has 7 N–H and O–H groups in total. The maximum atomic E-state index is 13.4. The molecular formula is C36H39N6O7+. The number of amides is 4. The van der Waals surface area contributed by atoms with Crippen LogP contribution in [-0.4, -0.2) is 81.8 Å². The Morgan fingerprint density at radius 1 is 0.857 bits per heavy atom. The number of fused-ring (bicyclic) bond motifs is 2. The first kappa shape index (κ1) is 33.5. The van der Waals surface area contributed by atoms with E-state index in [1.54, 1.807) is 68.4 Å². The normalized spacial score (nSPS) is 19.3. The molecule has 3 heterocycles. The number of nitrogens with two attached hydrogens (primary N) is 2. The van der Waals surface area contributed by atoms with Crippen LogP contribution in [0.3, 0.4) is 0 Å². The second-order valence-electron chi connectivity index (χ2n) is 12.7. The molecule has 4 aliphatic rings. The van der Waals surface area contributed by atoms with Gasteiger partial charge in [-0.15, -0.1) is 0 Å². The molecule has 254 valence electrons. The summed E-state index contributed by atoms with van der Waals surface area (Å²) in [6.07, 6.45) is 2.38. The molecule has 0 spiro atoms. The van der Waals surface area contributed by atoms with Gasteiger partial charge < -0.3 is 36.1 Å². The van der Waals surface area contributed by atoms with Crippen molar-refractivity contribution in [1.29, 1.82) is 0 Å². The fourth-order valence-electron chi connectivity index (χ4n) is 6.80. The first-order valence-electron chi connectivity index (χ1n) is 16.3. The summed E-state index contributed by atoms with van der Waals surface area (Å²) in [4.78, 5) is 70.2. The molecule has 49 heavy (non-hydrogen) atoms. The van der Waals surface area contributed by atoms with E-state index in [-0.39, 0.29) is 29.2 Å². The lowest BCUT2D eigenvalue weighted by Crippen LogP contribution is -2.84. The number of carboxylic acid groups (broad SMARTS) is 1. The fraction of sp³-hybridized carbons (Fsp3) is 0.333. The van der Waals surface area contributed by atoms with Crippen molar-refractivity contribution in [2.24, 2.45) is 11.5 Å². The number of nitrogens with zero attached hydrogens (tertiary/aromatic N) is 2. The Kier molecular flexibility index (Phi) is 9.30. The third kappa shape index (κ3) is 6.54. The summed E-state index contributed by atoms with van der Waals surface area (Å²) in [5.74, 6) is -2.03. The SMILES string of the molecule is C[C@H](N)C(=O)N1CCC[C@H]1C(=O)Nc1ccc2c(-c3ccccc3C(=O)O)c3ccc(=[NH+]C(=O)[C@@H]4CCCN4C(=O)[C@H](C)N)cc-3oc2c1. The number of anilines is 1. The van der Waals surface area contributed by atoms with Crippen LogP contribution < -0.4 is 27.1 Å². The summed E-state index contributed by atoms with van der Waals surface area (Å²) >= 11 is 0. The summed E-state index contributed by atoms with van der Waals surface area (Å²) in [5, 5.41) is 14.0. The van der Waals surface area contributed by atoms with Crippen molar-refractivity contribution in [3.63, 3.8) is 0 Å². The van der Waals surface area contributed by atoms with Crippen LogP contribution in [-0.2, 0) is 19.2 Å². The zero-order chi connectivity index (χ0) is 35.0. The van der Waals surface area contributed by atoms with Gasteiger partial charge in [-0.1, -0.05) is 18.2 Å². The summed E-state index contributed by atoms with van der Waals surface area (Å²) in [7, 11) is 0. The quantitative estimate of drug-likeness (QED) is 0.178. The van der Waals surface area contributed by atoms with Crippen LogP contribution in [0.25, 0.3) is 33.4 Å². The molecular weight excluding hydrogens is 628 g/mol. The van der Waals surface area contributed by atoms with Gasteiger partial charge in [0.25, 0.3) is 0 Å². The predicted octanol–water partition coefficient (Wildman–Crippen LogP) is 1.03. The molecule has 2 fully saturated rings. The molecule has 2 aromatic carbocycles. The highest BCUT2D eigenvalue weighted by molar-refractivity contribution is 6.08. The molecule has 0 saturated carbocycles. The fourth-order valence-corrected chi connectivity index (χ4v) is 6.80. The van der Waals surface area contributed by atoms with Crippen molar-refractivity contribution in [3.8, 4) is 22.5 Å². The zero-order valence-corrected chi connectivity index (χ0v) is 27.3. The number of nitrogens with one attached hydrogen (secondary N) is 2. The Morgan fingerprint density at radius 3 is 2.18 bits per heavy atom. The van der Waals surface area contributed by atoms with Crippen molar-refractivity contribution in [2.75, 3.05) is 18.4 Å². The van der Waals surface area contributed by atoms with E-state index in [4.69, 9.17) is 15.9 Å². The van der Waals surface area contributed by atoms with Crippen molar-refractivity contribution in [3.05, 3.63) is 71.6 Å². The average molecular weight is 668 g/mol. The van der Waals surface area contributed by atoms with E-state index >= 15 is 0 Å². The molecule has 3 aliphatic heterocycles. The van der Waals surface area contributed by atoms with Crippen LogP contribution in [0.5, 0.6) is 0 Å². The third-order valence-electron chi connectivity index (χ3n) is 9.14. The molecule has 6 rings (SSSR count). The van der Waals surface area contributed by atoms with Gasteiger partial charge in [-0.25, -0.2) is 9.59 Å². The Bertz CT molecular complexity index is 2020. The smallest absolute Gasteiger partial charge is 0.408 e. The Hall–Kier alpha value is -5.40. The van der Waals surface area contributed by atoms with E-state index < -0.39 is 30.1 Å². The number of aromatic carboxylic acids is 1. The lowest BCUT2D eigenvalue weighted by molar-refractivity contribution is -0.420. The number of benzene rings is 3. The highest BCUT2D eigenvalue weighted by Gasteiger charge is 2.38. The molecule has 0 radical (unpaired) electrons. The monoisotopic (exact) mass is 667 g/mol. The van der Waals surface area contributed by atoms with E-state index in [0.717, 1.165) is 0 Å². The zero-order valence-electron chi connectivity index (χ0n) is 27.3. The van der Waals surface area contributed by atoms with E-state index in [9.17, 15) is 29.1 Å². The van der Waals surface area contributed by atoms with E-state index in [1.165, 1.54) is 15.9 Å². The maximum absolute atomic E-state index is 13.4. The van der Waals surface area contributed by atoms with Crippen molar-refractivity contribution >= 4 is 46.3 Å². The molecule has 13 heteroatoms. The van der Waals surface area contributed by atoms with Crippen LogP contribution in [0.15, 0.2) is 65.1 Å². The third-order valence-corrected chi connectivity index (χ3v) is 9.14. The number of hydrogen-bond acceptors (Lipinski definition) is 8. The molecule has 2 saturated heterocycles. The van der Waals surface area contributed by atoms with Gasteiger partial charge in [0.2, 0.25) is 23.1 Å². The highest BCUT2D eigenvalue weighted by atomic mass is 16.4. The van der Waals surface area contributed by atoms with Gasteiger partial charge in [-0.05, 0) is 69.4 Å². The first-order chi connectivity index (χ1) is 23.4. The number of carbonyl (C=O) groups is 5. The van der Waals surface area contributed by atoms with Gasteiger partial charge in [0.05, 0.1) is 23.7 Å². The number of carbonyl (C=O) groups excluding carboxylic acids is 4. The second kappa shape index (κ2) is 13.6. The minimum Gasteiger partial charge on any atom is -0.478 e. The summed E-state index contributed by atoms with van der Waals surface area (Å²) in [5.41, 5.74) is 14.1. The minimum atomic E-state index is -1.10. The lowest BCUT2D eigenvalue weighted by Gasteiger charge is -2.25. The van der Waals surface area contributed by atoms with Gasteiger partial charge in [-0.3, -0.25) is 14.4 Å². The van der Waals surface area contributed by atoms with Crippen molar-refractivity contribution in [2.45, 2.75) is 63.7 Å². The van der Waals surface area contributed by atoms with Crippen molar-refractivity contribution < 1.29 is 38.5 Å². The standard InChI is InChI=1S/C36H38N6O7/c1-19(37)34(45)41-15-5-9-27(41)32(43)39-21-11-13-25-29(17-21)49-30-18-22(40-33(44)28-10-6-16-42(28)35(46)20(2)38)12-14-26(30)31(25)23-7-3-4-8-24(23)36(47)48/h3-4,7-8,11-14,17-20,27-28H,5-6,9-10,15-16,37-38H2,1-2H3,(H,39,43)(H,47,48)/p+1/t19-,20-,27-,28-/m0/s1. The number of rotatable bonds is 7. The largest absolute Gasteiger partial charge is 0.478 e. The predicted molar refractivity (Wildman–Crippen MR) is 180 cm³/mol. The van der Waals surface area contributed by atoms with E-state index in [0.29, 0.717) is 83.2 Å². The Morgan fingerprint density at radius 2 is 1.51 bits per heavy atom. The average Bonchev–Trinajstić information content (AvgIpc) is 3.77. The topological polar surface area (TPSA) is 203 Å². The van der Waals surface area contributed by atoms with E-state index in [2.05, 4.69) is 10.3 Å². The molecule has 1 aliphatic carbocycles. The number of carboxylic acids is 1. The Labute approximate surface area is 281 Å². The molecule has 4 atom stereocenters. The summed E-state index contributed by atoms with van der Waals surface area (Å²) in [6.45, 7) is 4.08. The number of hydrogen-bond donors (Lipinski definition) is 5. The van der Waals surface area contributed by atoms with Crippen molar-refractivity contribution in [1.82, 2.24) is 9.80 Å². The summed E-state index contributed by atoms with van der Waals surface area (Å²) in [6, 6.07) is 14.1. The van der Waals surface area contributed by atoms with Crippen LogP contribution in [0.4, 0.5) is 5.69 Å². The molecule has 0 aromatic heterocycles. The van der Waals surface area contributed by atoms with Crippen LogP contribution in [0.2, 0.25) is 0 Å². The second-order valence-corrected chi connectivity index (χ2v) is 12.7.